The molecule has 18 heavy (non-hydrogen) atoms. The summed E-state index contributed by atoms with van der Waals surface area (Å²) in [4.78, 5) is 25.8. The number of hydrogen-bond donors (Lipinski definition) is 3. The van der Waals surface area contributed by atoms with Crippen LogP contribution in [0.5, 0.6) is 0 Å². The third-order valence-electron chi connectivity index (χ3n) is 2.66. The van der Waals surface area contributed by atoms with Crippen molar-refractivity contribution < 1.29 is 14.7 Å². The molecule has 0 spiro atoms. The molecule has 1 aromatic rings. The number of nitrogens with zero attached hydrogens (tertiary/aromatic N) is 1. The van der Waals surface area contributed by atoms with E-state index in [1.807, 2.05) is 13.8 Å². The summed E-state index contributed by atoms with van der Waals surface area (Å²) < 4.78 is 0. The zero-order valence-corrected chi connectivity index (χ0v) is 10.4. The fourth-order valence-electron chi connectivity index (χ4n) is 1.51. The summed E-state index contributed by atoms with van der Waals surface area (Å²) in [5.74, 6) is -1.93. The van der Waals surface area contributed by atoms with Crippen LogP contribution in [-0.2, 0) is 4.79 Å². The van der Waals surface area contributed by atoms with Gasteiger partial charge >= 0.3 is 5.97 Å². The largest absolute Gasteiger partial charge is 0.481 e. The first-order chi connectivity index (χ1) is 8.41. The predicted molar refractivity (Wildman–Crippen MR) is 67.2 cm³/mol. The SMILES string of the molecule is CC(C)C(CNc1ccnc(C(N)=O)c1)C(=O)O. The summed E-state index contributed by atoms with van der Waals surface area (Å²) in [6, 6.07) is 3.16. The molecule has 6 nitrogen and oxygen atoms in total. The highest BCUT2D eigenvalue weighted by Gasteiger charge is 2.21. The number of carboxylic acid groups (broad SMARTS) is 1. The van der Waals surface area contributed by atoms with Crippen LogP contribution in [-0.4, -0.2) is 28.5 Å². The number of hydrogen-bond acceptors (Lipinski definition) is 4. The van der Waals surface area contributed by atoms with Crippen molar-refractivity contribution in [1.29, 1.82) is 0 Å². The lowest BCUT2D eigenvalue weighted by atomic mass is 9.96. The summed E-state index contributed by atoms with van der Waals surface area (Å²) in [6.45, 7) is 3.99. The Morgan fingerprint density at radius 1 is 1.50 bits per heavy atom. The van der Waals surface area contributed by atoms with Gasteiger partial charge in [0.1, 0.15) is 5.69 Å². The van der Waals surface area contributed by atoms with E-state index in [4.69, 9.17) is 10.8 Å². The van der Waals surface area contributed by atoms with Gasteiger partial charge in [-0.05, 0) is 18.1 Å². The average Bonchev–Trinajstić information content (AvgIpc) is 2.28. The molecule has 0 aliphatic heterocycles. The van der Waals surface area contributed by atoms with E-state index < -0.39 is 17.8 Å². The molecule has 0 radical (unpaired) electrons. The second-order valence-corrected chi connectivity index (χ2v) is 4.36. The number of rotatable bonds is 6. The number of amides is 1. The van der Waals surface area contributed by atoms with Gasteiger partial charge in [0.25, 0.3) is 5.91 Å². The van der Waals surface area contributed by atoms with Crippen LogP contribution in [0.15, 0.2) is 18.3 Å². The Bertz CT molecular complexity index is 446. The normalized spacial score (nSPS) is 12.2. The molecule has 1 amide bonds. The van der Waals surface area contributed by atoms with Gasteiger partial charge < -0.3 is 16.2 Å². The molecule has 1 unspecified atom stereocenters. The van der Waals surface area contributed by atoms with E-state index in [0.29, 0.717) is 5.69 Å². The lowest BCUT2D eigenvalue weighted by molar-refractivity contribution is -0.142. The van der Waals surface area contributed by atoms with E-state index in [-0.39, 0.29) is 18.2 Å². The smallest absolute Gasteiger partial charge is 0.308 e. The highest BCUT2D eigenvalue weighted by Crippen LogP contribution is 2.14. The van der Waals surface area contributed by atoms with Crippen LogP contribution < -0.4 is 11.1 Å². The van der Waals surface area contributed by atoms with Crippen LogP contribution in [0.3, 0.4) is 0 Å². The Hall–Kier alpha value is -2.11. The van der Waals surface area contributed by atoms with E-state index >= 15 is 0 Å². The first-order valence-corrected chi connectivity index (χ1v) is 5.64. The summed E-state index contributed by atoms with van der Waals surface area (Å²) in [5.41, 5.74) is 5.89. The van der Waals surface area contributed by atoms with Gasteiger partial charge in [-0.15, -0.1) is 0 Å². The number of pyridine rings is 1. The third-order valence-corrected chi connectivity index (χ3v) is 2.66. The molecule has 6 heteroatoms. The number of carboxylic acids is 1. The Labute approximate surface area is 105 Å². The number of carbonyl (C=O) groups excluding carboxylic acids is 1. The molecule has 98 valence electrons. The van der Waals surface area contributed by atoms with Crippen molar-refractivity contribution in [3.8, 4) is 0 Å². The molecular formula is C12H17N3O3. The molecule has 0 bridgehead atoms. The molecule has 0 saturated heterocycles. The molecule has 0 saturated carbocycles. The molecule has 0 aliphatic rings. The number of aliphatic carboxylic acids is 1. The summed E-state index contributed by atoms with van der Waals surface area (Å²) in [7, 11) is 0. The van der Waals surface area contributed by atoms with Gasteiger partial charge in [0.2, 0.25) is 0 Å². The topological polar surface area (TPSA) is 105 Å². The van der Waals surface area contributed by atoms with Gasteiger partial charge in [-0.3, -0.25) is 14.6 Å². The fourth-order valence-corrected chi connectivity index (χ4v) is 1.51. The molecule has 0 fully saturated rings. The van der Waals surface area contributed by atoms with Gasteiger partial charge in [-0.2, -0.15) is 0 Å². The molecule has 1 heterocycles. The van der Waals surface area contributed by atoms with Gasteiger partial charge in [0.05, 0.1) is 5.92 Å². The van der Waals surface area contributed by atoms with Crippen molar-refractivity contribution in [3.63, 3.8) is 0 Å². The standard InChI is InChI=1S/C12H17N3O3/c1-7(2)9(12(17)18)6-15-8-3-4-14-10(5-8)11(13)16/h3-5,7,9H,6H2,1-2H3,(H2,13,16)(H,14,15)(H,17,18). The lowest BCUT2D eigenvalue weighted by Gasteiger charge is -2.17. The quantitative estimate of drug-likeness (QED) is 0.698. The van der Waals surface area contributed by atoms with Gasteiger partial charge in [-0.1, -0.05) is 13.8 Å². The highest BCUT2D eigenvalue weighted by atomic mass is 16.4. The predicted octanol–water partition coefficient (Wildman–Crippen LogP) is 0.949. The van der Waals surface area contributed by atoms with Crippen LogP contribution in [0.1, 0.15) is 24.3 Å². The molecule has 1 aromatic heterocycles. The average molecular weight is 251 g/mol. The van der Waals surface area contributed by atoms with E-state index in [2.05, 4.69) is 10.3 Å². The zero-order valence-electron chi connectivity index (χ0n) is 10.4. The van der Waals surface area contributed by atoms with Gasteiger partial charge in [0, 0.05) is 18.4 Å². The molecule has 1 atom stereocenters. The van der Waals surface area contributed by atoms with E-state index in [1.54, 1.807) is 6.07 Å². The first-order valence-electron chi connectivity index (χ1n) is 5.64. The second kappa shape index (κ2) is 6.00. The van der Waals surface area contributed by atoms with Crippen molar-refractivity contribution >= 4 is 17.6 Å². The summed E-state index contributed by atoms with van der Waals surface area (Å²) >= 11 is 0. The minimum absolute atomic E-state index is 0.0208. The van der Waals surface area contributed by atoms with Gasteiger partial charge in [0.15, 0.2) is 0 Å². The number of anilines is 1. The zero-order chi connectivity index (χ0) is 13.7. The van der Waals surface area contributed by atoms with Crippen LogP contribution in [0.4, 0.5) is 5.69 Å². The summed E-state index contributed by atoms with van der Waals surface area (Å²) in [5, 5.41) is 12.0. The van der Waals surface area contributed by atoms with Gasteiger partial charge in [-0.25, -0.2) is 0 Å². The Balaban J connectivity index is 2.70. The van der Waals surface area contributed by atoms with Crippen molar-refractivity contribution in [2.45, 2.75) is 13.8 Å². The minimum Gasteiger partial charge on any atom is -0.481 e. The second-order valence-electron chi connectivity index (χ2n) is 4.36. The number of primary amides is 1. The van der Waals surface area contributed by atoms with Crippen molar-refractivity contribution in [2.75, 3.05) is 11.9 Å². The number of nitrogens with two attached hydrogens (primary N) is 1. The Morgan fingerprint density at radius 3 is 2.67 bits per heavy atom. The number of nitrogens with one attached hydrogen (secondary N) is 1. The third kappa shape index (κ3) is 3.73. The van der Waals surface area contributed by atoms with E-state index in [0.717, 1.165) is 0 Å². The van der Waals surface area contributed by atoms with Crippen molar-refractivity contribution in [1.82, 2.24) is 4.98 Å². The fraction of sp³-hybridized carbons (Fsp3) is 0.417. The Kier molecular flexibility index (Phi) is 4.65. The lowest BCUT2D eigenvalue weighted by Crippen LogP contribution is -2.27. The molecule has 4 N–H and O–H groups in total. The molecule has 0 aliphatic carbocycles. The number of carbonyl (C=O) groups is 2. The minimum atomic E-state index is -0.846. The maximum Gasteiger partial charge on any atom is 0.308 e. The molecular weight excluding hydrogens is 234 g/mol. The highest BCUT2D eigenvalue weighted by molar-refractivity contribution is 5.91. The van der Waals surface area contributed by atoms with Crippen molar-refractivity contribution in [2.24, 2.45) is 17.6 Å². The van der Waals surface area contributed by atoms with Crippen LogP contribution >= 0.6 is 0 Å². The van der Waals surface area contributed by atoms with Crippen LogP contribution in [0.2, 0.25) is 0 Å². The molecule has 1 rings (SSSR count). The Morgan fingerprint density at radius 2 is 2.17 bits per heavy atom. The maximum absolute atomic E-state index is 11.0. The van der Waals surface area contributed by atoms with Crippen LogP contribution in [0, 0.1) is 11.8 Å². The monoisotopic (exact) mass is 251 g/mol. The first kappa shape index (κ1) is 14.0. The van der Waals surface area contributed by atoms with Crippen LogP contribution in [0.25, 0.3) is 0 Å². The number of aromatic nitrogens is 1. The van der Waals surface area contributed by atoms with E-state index in [1.165, 1.54) is 12.3 Å². The van der Waals surface area contributed by atoms with E-state index in [9.17, 15) is 9.59 Å². The summed E-state index contributed by atoms with van der Waals surface area (Å²) in [6.07, 6.45) is 1.45. The maximum atomic E-state index is 11.0. The molecule has 0 aromatic carbocycles. The van der Waals surface area contributed by atoms with Crippen molar-refractivity contribution in [3.05, 3.63) is 24.0 Å².